The first-order chi connectivity index (χ1) is 10.9. The fourth-order valence-corrected chi connectivity index (χ4v) is 2.00. The van der Waals surface area contributed by atoms with Gasteiger partial charge in [-0.2, -0.15) is 0 Å². The van der Waals surface area contributed by atoms with E-state index in [2.05, 4.69) is 10.6 Å². The molecule has 0 radical (unpaired) electrons. The van der Waals surface area contributed by atoms with Crippen molar-refractivity contribution in [1.82, 2.24) is 10.6 Å². The predicted molar refractivity (Wildman–Crippen MR) is 84.0 cm³/mol. The van der Waals surface area contributed by atoms with Crippen molar-refractivity contribution in [3.05, 3.63) is 35.9 Å². The van der Waals surface area contributed by atoms with Crippen molar-refractivity contribution in [3.63, 3.8) is 0 Å². The Labute approximate surface area is 134 Å². The Hall–Kier alpha value is -2.02. The summed E-state index contributed by atoms with van der Waals surface area (Å²) in [6, 6.07) is 8.24. The fraction of sp³-hybridized carbons (Fsp3) is 0.500. The van der Waals surface area contributed by atoms with Crippen LogP contribution < -0.4 is 16.4 Å². The molecule has 4 N–H and O–H groups in total. The number of amides is 2. The Balaban J connectivity index is 2.56. The van der Waals surface area contributed by atoms with Crippen LogP contribution >= 0.6 is 0 Å². The van der Waals surface area contributed by atoms with Crippen LogP contribution in [-0.2, 0) is 16.0 Å². The Bertz CT molecular complexity index is 509. The number of carbonyl (C=O) groups excluding carboxylic acids is 2. The average molecular weight is 327 g/mol. The number of alkyl halides is 2. The standard InChI is InChI=1S/C16H23F2N3O2/c1-2-6-13(15(23)20-11-16(17,18)10-19)21-14(22)9-12-7-4-3-5-8-12/h3-5,7-8,13H,2,6,9-11,19H2,1H3,(H,20,23)(H,21,22). The molecule has 0 aliphatic rings. The SMILES string of the molecule is CCCC(NC(=O)Cc1ccccc1)C(=O)NCC(F)(F)CN. The molecule has 1 unspecified atom stereocenters. The maximum Gasteiger partial charge on any atom is 0.277 e. The van der Waals surface area contributed by atoms with Crippen molar-refractivity contribution >= 4 is 11.8 Å². The lowest BCUT2D eigenvalue weighted by atomic mass is 10.1. The topological polar surface area (TPSA) is 84.2 Å². The minimum atomic E-state index is -3.15. The summed E-state index contributed by atoms with van der Waals surface area (Å²) in [7, 11) is 0. The Morgan fingerprint density at radius 1 is 1.26 bits per heavy atom. The number of rotatable bonds is 9. The molecule has 1 rings (SSSR count). The molecule has 0 fully saturated rings. The van der Waals surface area contributed by atoms with E-state index in [1.165, 1.54) is 0 Å². The third-order valence-corrected chi connectivity index (χ3v) is 3.26. The quantitative estimate of drug-likeness (QED) is 0.638. The molecule has 23 heavy (non-hydrogen) atoms. The van der Waals surface area contributed by atoms with Crippen LogP contribution in [0.1, 0.15) is 25.3 Å². The van der Waals surface area contributed by atoms with E-state index >= 15 is 0 Å². The van der Waals surface area contributed by atoms with E-state index in [4.69, 9.17) is 5.73 Å². The fourth-order valence-electron chi connectivity index (χ4n) is 2.00. The molecule has 0 heterocycles. The molecule has 0 aromatic heterocycles. The van der Waals surface area contributed by atoms with Gasteiger partial charge in [0, 0.05) is 0 Å². The first-order valence-electron chi connectivity index (χ1n) is 7.57. The van der Waals surface area contributed by atoms with Gasteiger partial charge < -0.3 is 16.4 Å². The van der Waals surface area contributed by atoms with Gasteiger partial charge in [-0.3, -0.25) is 9.59 Å². The van der Waals surface area contributed by atoms with Crippen LogP contribution in [0.15, 0.2) is 30.3 Å². The zero-order chi connectivity index (χ0) is 17.3. The molecular weight excluding hydrogens is 304 g/mol. The minimum absolute atomic E-state index is 0.132. The van der Waals surface area contributed by atoms with Gasteiger partial charge in [-0.1, -0.05) is 43.7 Å². The highest BCUT2D eigenvalue weighted by atomic mass is 19.3. The highest BCUT2D eigenvalue weighted by Gasteiger charge is 2.29. The summed E-state index contributed by atoms with van der Waals surface area (Å²) in [5.41, 5.74) is 5.74. The monoisotopic (exact) mass is 327 g/mol. The number of nitrogens with two attached hydrogens (primary N) is 1. The van der Waals surface area contributed by atoms with Crippen molar-refractivity contribution < 1.29 is 18.4 Å². The second kappa shape index (κ2) is 9.19. The molecule has 1 atom stereocenters. The molecule has 1 aromatic carbocycles. The summed E-state index contributed by atoms with van der Waals surface area (Å²) in [6.07, 6.45) is 1.14. The van der Waals surface area contributed by atoms with E-state index in [0.717, 1.165) is 5.56 Å². The highest BCUT2D eigenvalue weighted by Crippen LogP contribution is 2.09. The van der Waals surface area contributed by atoms with Gasteiger partial charge in [0.1, 0.15) is 6.04 Å². The van der Waals surface area contributed by atoms with E-state index in [-0.39, 0.29) is 12.3 Å². The average Bonchev–Trinajstić information content (AvgIpc) is 2.53. The van der Waals surface area contributed by atoms with E-state index in [1.807, 2.05) is 25.1 Å². The zero-order valence-corrected chi connectivity index (χ0v) is 13.1. The normalized spacial score (nSPS) is 12.5. The van der Waals surface area contributed by atoms with Crippen molar-refractivity contribution in [1.29, 1.82) is 0 Å². The van der Waals surface area contributed by atoms with Crippen LogP contribution in [-0.4, -0.2) is 36.9 Å². The molecule has 128 valence electrons. The molecule has 0 saturated carbocycles. The smallest absolute Gasteiger partial charge is 0.277 e. The molecule has 1 aromatic rings. The lowest BCUT2D eigenvalue weighted by Gasteiger charge is -2.20. The first kappa shape index (κ1) is 19.0. The van der Waals surface area contributed by atoms with Crippen molar-refractivity contribution in [3.8, 4) is 0 Å². The third kappa shape index (κ3) is 7.19. The number of benzene rings is 1. The van der Waals surface area contributed by atoms with Crippen molar-refractivity contribution in [2.75, 3.05) is 13.1 Å². The predicted octanol–water partition coefficient (Wildman–Crippen LogP) is 1.22. The van der Waals surface area contributed by atoms with Crippen LogP contribution in [0.25, 0.3) is 0 Å². The lowest BCUT2D eigenvalue weighted by Crippen LogP contribution is -2.50. The zero-order valence-electron chi connectivity index (χ0n) is 13.1. The van der Waals surface area contributed by atoms with Crippen LogP contribution in [0.3, 0.4) is 0 Å². The van der Waals surface area contributed by atoms with Crippen molar-refractivity contribution in [2.45, 2.75) is 38.2 Å². The Morgan fingerprint density at radius 2 is 1.91 bits per heavy atom. The summed E-state index contributed by atoms with van der Waals surface area (Å²) in [4.78, 5) is 24.0. The molecule has 0 aliphatic carbocycles. The van der Waals surface area contributed by atoms with Gasteiger partial charge in [0.25, 0.3) is 5.92 Å². The molecule has 5 nitrogen and oxygen atoms in total. The number of hydrogen-bond donors (Lipinski definition) is 3. The van der Waals surface area contributed by atoms with E-state index < -0.39 is 31.0 Å². The largest absolute Gasteiger partial charge is 0.348 e. The van der Waals surface area contributed by atoms with Gasteiger partial charge in [-0.05, 0) is 12.0 Å². The van der Waals surface area contributed by atoms with Crippen LogP contribution in [0, 0.1) is 0 Å². The minimum Gasteiger partial charge on any atom is -0.348 e. The van der Waals surface area contributed by atoms with E-state index in [9.17, 15) is 18.4 Å². The molecule has 0 aliphatic heterocycles. The van der Waals surface area contributed by atoms with E-state index in [0.29, 0.717) is 12.8 Å². The maximum atomic E-state index is 13.1. The second-order valence-electron chi connectivity index (χ2n) is 5.35. The summed E-state index contributed by atoms with van der Waals surface area (Å²) >= 11 is 0. The van der Waals surface area contributed by atoms with E-state index in [1.54, 1.807) is 12.1 Å². The van der Waals surface area contributed by atoms with Crippen LogP contribution in [0.4, 0.5) is 8.78 Å². The van der Waals surface area contributed by atoms with Gasteiger partial charge in [0.2, 0.25) is 11.8 Å². The van der Waals surface area contributed by atoms with Gasteiger partial charge in [0.15, 0.2) is 0 Å². The number of carbonyl (C=O) groups is 2. The van der Waals surface area contributed by atoms with Crippen LogP contribution in [0.2, 0.25) is 0 Å². The van der Waals surface area contributed by atoms with Gasteiger partial charge in [-0.25, -0.2) is 8.78 Å². The molecule has 7 heteroatoms. The van der Waals surface area contributed by atoms with Gasteiger partial charge in [0.05, 0.1) is 19.5 Å². The summed E-state index contributed by atoms with van der Waals surface area (Å²) in [6.45, 7) is 0.168. The van der Waals surface area contributed by atoms with Crippen molar-refractivity contribution in [2.24, 2.45) is 5.73 Å². The summed E-state index contributed by atoms with van der Waals surface area (Å²) < 4.78 is 26.2. The Kier molecular flexibility index (Phi) is 7.61. The lowest BCUT2D eigenvalue weighted by molar-refractivity contribution is -0.129. The molecule has 0 bridgehead atoms. The number of hydrogen-bond acceptors (Lipinski definition) is 3. The highest BCUT2D eigenvalue weighted by molar-refractivity contribution is 5.88. The second-order valence-corrected chi connectivity index (χ2v) is 5.35. The molecule has 0 saturated heterocycles. The van der Waals surface area contributed by atoms with Gasteiger partial charge >= 0.3 is 0 Å². The molecule has 2 amide bonds. The third-order valence-electron chi connectivity index (χ3n) is 3.26. The van der Waals surface area contributed by atoms with Crippen LogP contribution in [0.5, 0.6) is 0 Å². The Morgan fingerprint density at radius 3 is 2.48 bits per heavy atom. The van der Waals surface area contributed by atoms with Gasteiger partial charge in [-0.15, -0.1) is 0 Å². The maximum absolute atomic E-state index is 13.1. The number of halogens is 2. The summed E-state index contributed by atoms with van der Waals surface area (Å²) in [5.74, 6) is -4.10. The number of nitrogens with one attached hydrogen (secondary N) is 2. The summed E-state index contributed by atoms with van der Waals surface area (Å²) in [5, 5.41) is 4.74. The first-order valence-corrected chi connectivity index (χ1v) is 7.57. The molecular formula is C16H23F2N3O2. The molecule has 0 spiro atoms.